The van der Waals surface area contributed by atoms with E-state index in [9.17, 15) is 9.50 Å². The standard InChI is InChI=1S/C16H13FN2O2/c1-9-7-11(3-5-13(9)17)15-18-16(21-19-15)12-4-6-14(20)10(2)8-12/h3-8,20H,1-2H3. The lowest BCUT2D eigenvalue weighted by molar-refractivity contribution is 0.432. The minimum atomic E-state index is -0.267. The highest BCUT2D eigenvalue weighted by atomic mass is 19.1. The van der Waals surface area contributed by atoms with E-state index in [4.69, 9.17) is 4.52 Å². The Kier molecular flexibility index (Phi) is 3.17. The number of hydrogen-bond acceptors (Lipinski definition) is 4. The number of halogens is 1. The first kappa shape index (κ1) is 13.3. The largest absolute Gasteiger partial charge is 0.508 e. The van der Waals surface area contributed by atoms with Crippen LogP contribution in [0.25, 0.3) is 22.8 Å². The smallest absolute Gasteiger partial charge is 0.258 e. The van der Waals surface area contributed by atoms with Crippen molar-refractivity contribution in [3.05, 3.63) is 53.3 Å². The summed E-state index contributed by atoms with van der Waals surface area (Å²) in [5.74, 6) is 0.707. The summed E-state index contributed by atoms with van der Waals surface area (Å²) in [5, 5.41) is 13.4. The third kappa shape index (κ3) is 2.50. The minimum Gasteiger partial charge on any atom is -0.508 e. The van der Waals surface area contributed by atoms with Gasteiger partial charge in [-0.05, 0) is 61.4 Å². The monoisotopic (exact) mass is 284 g/mol. The lowest BCUT2D eigenvalue weighted by Crippen LogP contribution is -1.86. The van der Waals surface area contributed by atoms with Gasteiger partial charge >= 0.3 is 0 Å². The molecule has 1 aromatic heterocycles. The van der Waals surface area contributed by atoms with Gasteiger partial charge in [-0.3, -0.25) is 0 Å². The summed E-state index contributed by atoms with van der Waals surface area (Å²) in [6, 6.07) is 9.71. The molecule has 0 atom stereocenters. The zero-order valence-electron chi connectivity index (χ0n) is 11.6. The van der Waals surface area contributed by atoms with Crippen LogP contribution in [-0.4, -0.2) is 15.2 Å². The highest BCUT2D eigenvalue weighted by molar-refractivity contribution is 5.61. The molecule has 0 saturated carbocycles. The van der Waals surface area contributed by atoms with Gasteiger partial charge < -0.3 is 9.63 Å². The number of phenols is 1. The number of benzene rings is 2. The Hall–Kier alpha value is -2.69. The molecule has 1 N–H and O–H groups in total. The van der Waals surface area contributed by atoms with Crippen LogP contribution in [0.15, 0.2) is 40.9 Å². The molecule has 1 heterocycles. The first-order chi connectivity index (χ1) is 10.0. The van der Waals surface area contributed by atoms with E-state index in [1.807, 2.05) is 0 Å². The van der Waals surface area contributed by atoms with Crippen LogP contribution in [0.5, 0.6) is 5.75 Å². The van der Waals surface area contributed by atoms with Crippen LogP contribution < -0.4 is 0 Å². The van der Waals surface area contributed by atoms with E-state index in [0.29, 0.717) is 22.8 Å². The number of aryl methyl sites for hydroxylation is 2. The van der Waals surface area contributed by atoms with Crippen molar-refractivity contribution in [1.82, 2.24) is 10.1 Å². The maximum absolute atomic E-state index is 13.3. The summed E-state index contributed by atoms with van der Waals surface area (Å²) >= 11 is 0. The van der Waals surface area contributed by atoms with E-state index in [1.165, 1.54) is 6.07 Å². The molecular weight excluding hydrogens is 271 g/mol. The molecule has 0 saturated heterocycles. The molecule has 4 nitrogen and oxygen atoms in total. The molecule has 0 aliphatic carbocycles. The van der Waals surface area contributed by atoms with Crippen molar-refractivity contribution >= 4 is 0 Å². The van der Waals surface area contributed by atoms with Gasteiger partial charge in [0.2, 0.25) is 5.82 Å². The Morgan fingerprint density at radius 2 is 1.71 bits per heavy atom. The number of aromatic nitrogens is 2. The molecule has 5 heteroatoms. The molecular formula is C16H13FN2O2. The number of nitrogens with zero attached hydrogens (tertiary/aromatic N) is 2. The first-order valence-corrected chi connectivity index (χ1v) is 6.45. The predicted molar refractivity (Wildman–Crippen MR) is 76.3 cm³/mol. The van der Waals surface area contributed by atoms with Crippen LogP contribution in [0.1, 0.15) is 11.1 Å². The fourth-order valence-corrected chi connectivity index (χ4v) is 2.03. The van der Waals surface area contributed by atoms with Crippen LogP contribution >= 0.6 is 0 Å². The molecule has 3 rings (SSSR count). The Balaban J connectivity index is 1.99. The first-order valence-electron chi connectivity index (χ1n) is 6.45. The summed E-state index contributed by atoms with van der Waals surface area (Å²) in [5.41, 5.74) is 2.67. The normalized spacial score (nSPS) is 10.8. The molecule has 0 amide bonds. The molecule has 0 fully saturated rings. The summed E-state index contributed by atoms with van der Waals surface area (Å²) in [4.78, 5) is 4.31. The fourth-order valence-electron chi connectivity index (χ4n) is 2.03. The molecule has 0 aliphatic heterocycles. The maximum Gasteiger partial charge on any atom is 0.258 e. The van der Waals surface area contributed by atoms with Gasteiger partial charge in [-0.2, -0.15) is 4.98 Å². The quantitative estimate of drug-likeness (QED) is 0.776. The van der Waals surface area contributed by atoms with Crippen molar-refractivity contribution in [1.29, 1.82) is 0 Å². The van der Waals surface area contributed by atoms with Gasteiger partial charge in [-0.1, -0.05) is 5.16 Å². The topological polar surface area (TPSA) is 59.2 Å². The van der Waals surface area contributed by atoms with Crippen LogP contribution in [0.4, 0.5) is 4.39 Å². The van der Waals surface area contributed by atoms with Crippen LogP contribution in [0.2, 0.25) is 0 Å². The van der Waals surface area contributed by atoms with Gasteiger partial charge in [0.1, 0.15) is 11.6 Å². The van der Waals surface area contributed by atoms with Gasteiger partial charge in [0, 0.05) is 11.1 Å². The second-order valence-corrected chi connectivity index (χ2v) is 4.89. The van der Waals surface area contributed by atoms with E-state index in [0.717, 1.165) is 11.1 Å². The summed E-state index contributed by atoms with van der Waals surface area (Å²) in [6.45, 7) is 3.47. The zero-order valence-corrected chi connectivity index (χ0v) is 11.6. The predicted octanol–water partition coefficient (Wildman–Crippen LogP) is 3.87. The Labute approximate surface area is 120 Å². The Bertz CT molecular complexity index is 746. The third-order valence-corrected chi connectivity index (χ3v) is 3.29. The van der Waals surface area contributed by atoms with Gasteiger partial charge in [0.05, 0.1) is 0 Å². The Morgan fingerprint density at radius 1 is 1.00 bits per heavy atom. The summed E-state index contributed by atoms with van der Waals surface area (Å²) in [6.07, 6.45) is 0. The average Bonchev–Trinajstić information content (AvgIpc) is 2.94. The zero-order chi connectivity index (χ0) is 15.0. The number of aromatic hydroxyl groups is 1. The third-order valence-electron chi connectivity index (χ3n) is 3.29. The number of phenolic OH excluding ortho intramolecular Hbond substituents is 1. The van der Waals surface area contributed by atoms with Crippen molar-refractivity contribution in [3.63, 3.8) is 0 Å². The number of hydrogen-bond donors (Lipinski definition) is 1. The van der Waals surface area contributed by atoms with Crippen LogP contribution in [0.3, 0.4) is 0 Å². The number of rotatable bonds is 2. The second kappa shape index (κ2) is 5.01. The molecule has 0 unspecified atom stereocenters. The molecule has 0 radical (unpaired) electrons. The molecule has 0 aliphatic rings. The lowest BCUT2D eigenvalue weighted by atomic mass is 10.1. The van der Waals surface area contributed by atoms with E-state index in [1.54, 1.807) is 44.2 Å². The van der Waals surface area contributed by atoms with Gasteiger partial charge in [0.25, 0.3) is 5.89 Å². The minimum absolute atomic E-state index is 0.215. The average molecular weight is 284 g/mol. The highest BCUT2D eigenvalue weighted by Crippen LogP contribution is 2.26. The summed E-state index contributed by atoms with van der Waals surface area (Å²) < 4.78 is 18.5. The van der Waals surface area contributed by atoms with Crippen LogP contribution in [0, 0.1) is 19.7 Å². The van der Waals surface area contributed by atoms with E-state index in [2.05, 4.69) is 10.1 Å². The molecule has 2 aromatic carbocycles. The lowest BCUT2D eigenvalue weighted by Gasteiger charge is -1.99. The van der Waals surface area contributed by atoms with Gasteiger partial charge in [-0.25, -0.2) is 4.39 Å². The molecule has 106 valence electrons. The molecule has 0 spiro atoms. The molecule has 0 bridgehead atoms. The van der Waals surface area contributed by atoms with Gasteiger partial charge in [-0.15, -0.1) is 0 Å². The molecule has 3 aromatic rings. The van der Waals surface area contributed by atoms with E-state index < -0.39 is 0 Å². The summed E-state index contributed by atoms with van der Waals surface area (Å²) in [7, 11) is 0. The van der Waals surface area contributed by atoms with Crippen molar-refractivity contribution < 1.29 is 14.0 Å². The van der Waals surface area contributed by atoms with E-state index in [-0.39, 0.29) is 11.6 Å². The SMILES string of the molecule is Cc1cc(-c2nc(-c3ccc(F)c(C)c3)no2)ccc1O. The Morgan fingerprint density at radius 3 is 2.43 bits per heavy atom. The van der Waals surface area contributed by atoms with Crippen molar-refractivity contribution in [2.24, 2.45) is 0 Å². The van der Waals surface area contributed by atoms with Crippen molar-refractivity contribution in [2.75, 3.05) is 0 Å². The highest BCUT2D eigenvalue weighted by Gasteiger charge is 2.12. The second-order valence-electron chi connectivity index (χ2n) is 4.89. The van der Waals surface area contributed by atoms with Crippen molar-refractivity contribution in [3.8, 4) is 28.6 Å². The molecule has 21 heavy (non-hydrogen) atoms. The van der Waals surface area contributed by atoms with Gasteiger partial charge in [0.15, 0.2) is 0 Å². The van der Waals surface area contributed by atoms with Crippen LogP contribution in [-0.2, 0) is 0 Å². The maximum atomic E-state index is 13.3. The van der Waals surface area contributed by atoms with Crippen molar-refractivity contribution in [2.45, 2.75) is 13.8 Å². The fraction of sp³-hybridized carbons (Fsp3) is 0.125. The van der Waals surface area contributed by atoms with E-state index >= 15 is 0 Å².